The molecule has 0 aliphatic rings. The lowest BCUT2D eigenvalue weighted by atomic mass is 10.2. The lowest BCUT2D eigenvalue weighted by Gasteiger charge is -2.06. The second-order valence-corrected chi connectivity index (χ2v) is 7.04. The number of aromatic hydroxyl groups is 1. The van der Waals surface area contributed by atoms with Crippen LogP contribution >= 0.6 is 11.8 Å². The molecule has 0 amide bonds. The van der Waals surface area contributed by atoms with Crippen molar-refractivity contribution >= 4 is 23.9 Å². The Bertz CT molecular complexity index is 1100. The number of phenols is 1. The number of aromatic nitrogens is 3. The first-order valence-corrected chi connectivity index (χ1v) is 10.1. The van der Waals surface area contributed by atoms with Gasteiger partial charge in [0.2, 0.25) is 0 Å². The van der Waals surface area contributed by atoms with Gasteiger partial charge in [-0.2, -0.15) is 0 Å². The van der Waals surface area contributed by atoms with Crippen molar-refractivity contribution in [1.82, 2.24) is 14.8 Å². The van der Waals surface area contributed by atoms with Gasteiger partial charge in [0.25, 0.3) is 0 Å². The maximum absolute atomic E-state index is 10.3. The van der Waals surface area contributed by atoms with Crippen molar-refractivity contribution < 1.29 is 5.11 Å². The van der Waals surface area contributed by atoms with Gasteiger partial charge in [0, 0.05) is 4.90 Å². The Morgan fingerprint density at radius 1 is 0.857 bits per heavy atom. The number of benzene rings is 3. The van der Waals surface area contributed by atoms with Gasteiger partial charge in [-0.25, -0.2) is 9.67 Å². The van der Waals surface area contributed by atoms with E-state index in [1.807, 2.05) is 54.6 Å². The zero-order valence-electron chi connectivity index (χ0n) is 15.4. The molecule has 5 heteroatoms. The molecule has 0 unspecified atom stereocenters. The number of hydrogen-bond acceptors (Lipinski definition) is 4. The summed E-state index contributed by atoms with van der Waals surface area (Å²) >= 11 is 1.72. The highest BCUT2D eigenvalue weighted by Gasteiger charge is 2.15. The van der Waals surface area contributed by atoms with Gasteiger partial charge in [-0.15, -0.1) is 16.9 Å². The molecule has 0 aliphatic heterocycles. The topological polar surface area (TPSA) is 50.9 Å². The van der Waals surface area contributed by atoms with Gasteiger partial charge in [-0.05, 0) is 54.3 Å². The third kappa shape index (κ3) is 3.85. The molecule has 1 heterocycles. The Balaban J connectivity index is 1.75. The molecule has 0 fully saturated rings. The van der Waals surface area contributed by atoms with E-state index in [1.54, 1.807) is 28.6 Å². The van der Waals surface area contributed by atoms with Crippen molar-refractivity contribution in [3.8, 4) is 22.8 Å². The summed E-state index contributed by atoms with van der Waals surface area (Å²) in [6.07, 6.45) is 5.94. The molecule has 0 bridgehead atoms. The molecular weight excluding hydrogens is 366 g/mol. The van der Waals surface area contributed by atoms with Gasteiger partial charge in [-0.1, -0.05) is 48.5 Å². The van der Waals surface area contributed by atoms with Crippen molar-refractivity contribution in [2.24, 2.45) is 0 Å². The number of nitrogens with zero attached hydrogens (tertiary/aromatic N) is 3. The minimum Gasteiger partial charge on any atom is -0.507 e. The summed E-state index contributed by atoms with van der Waals surface area (Å²) in [6, 6.07) is 25.3. The van der Waals surface area contributed by atoms with Gasteiger partial charge in [0.05, 0.1) is 11.3 Å². The zero-order chi connectivity index (χ0) is 19.3. The number of rotatable bonds is 5. The average molecular weight is 385 g/mol. The molecule has 1 N–H and O–H groups in total. The highest BCUT2D eigenvalue weighted by Crippen LogP contribution is 2.29. The minimum absolute atomic E-state index is 0.176. The van der Waals surface area contributed by atoms with Gasteiger partial charge < -0.3 is 5.11 Å². The smallest absolute Gasteiger partial charge is 0.175 e. The summed E-state index contributed by atoms with van der Waals surface area (Å²) in [6.45, 7) is 0. The third-order valence-electron chi connectivity index (χ3n) is 4.31. The third-order valence-corrected chi connectivity index (χ3v) is 5.05. The number of phenolic OH excluding ortho intramolecular Hbond substituents is 1. The predicted octanol–water partition coefficient (Wildman–Crippen LogP) is 5.53. The van der Waals surface area contributed by atoms with Crippen LogP contribution < -0.4 is 0 Å². The highest BCUT2D eigenvalue weighted by atomic mass is 32.2. The Labute approximate surface area is 168 Å². The standard InChI is InChI=1S/C23H19N3OS/c1-28-19-14-11-17(12-15-19)13-16-22-24-23(20-9-5-6-10-21(20)27)26(25-22)18-7-3-2-4-8-18/h2-16,27H,1H3/b16-13+. The first-order valence-electron chi connectivity index (χ1n) is 8.87. The van der Waals surface area contributed by atoms with Crippen LogP contribution in [0.3, 0.4) is 0 Å². The van der Waals surface area contributed by atoms with Crippen molar-refractivity contribution in [2.45, 2.75) is 4.90 Å². The van der Waals surface area contributed by atoms with Gasteiger partial charge in [-0.3, -0.25) is 0 Å². The molecule has 28 heavy (non-hydrogen) atoms. The van der Waals surface area contributed by atoms with E-state index in [0.717, 1.165) is 11.3 Å². The molecule has 4 rings (SSSR count). The molecular formula is C23H19N3OS. The van der Waals surface area contributed by atoms with Crippen molar-refractivity contribution in [1.29, 1.82) is 0 Å². The molecule has 138 valence electrons. The van der Waals surface area contributed by atoms with Crippen molar-refractivity contribution in [3.63, 3.8) is 0 Å². The molecule has 0 aliphatic carbocycles. The Hall–Kier alpha value is -3.31. The average Bonchev–Trinajstić information content (AvgIpc) is 3.18. The summed E-state index contributed by atoms with van der Waals surface area (Å²) in [5.74, 6) is 1.35. The Morgan fingerprint density at radius 2 is 1.57 bits per heavy atom. The van der Waals surface area contributed by atoms with Crippen LogP contribution in [0.1, 0.15) is 11.4 Å². The van der Waals surface area contributed by atoms with Crippen LogP contribution in [-0.4, -0.2) is 26.1 Å². The molecule has 0 spiro atoms. The largest absolute Gasteiger partial charge is 0.507 e. The summed E-state index contributed by atoms with van der Waals surface area (Å²) in [7, 11) is 0. The second-order valence-electron chi connectivity index (χ2n) is 6.16. The molecule has 0 saturated carbocycles. The predicted molar refractivity (Wildman–Crippen MR) is 116 cm³/mol. The van der Waals surface area contributed by atoms with Crippen LogP contribution in [0.2, 0.25) is 0 Å². The van der Waals surface area contributed by atoms with Crippen LogP contribution in [0.4, 0.5) is 0 Å². The van der Waals surface area contributed by atoms with Crippen LogP contribution in [0.15, 0.2) is 83.8 Å². The fourth-order valence-corrected chi connectivity index (χ4v) is 3.28. The van der Waals surface area contributed by atoms with Crippen LogP contribution in [-0.2, 0) is 0 Å². The van der Waals surface area contributed by atoms with E-state index in [2.05, 4.69) is 40.6 Å². The van der Waals surface area contributed by atoms with E-state index in [9.17, 15) is 5.11 Å². The Kier molecular flexibility index (Phi) is 5.26. The fraction of sp³-hybridized carbons (Fsp3) is 0.0435. The zero-order valence-corrected chi connectivity index (χ0v) is 16.2. The highest BCUT2D eigenvalue weighted by molar-refractivity contribution is 7.98. The molecule has 0 saturated heterocycles. The second kappa shape index (κ2) is 8.15. The maximum Gasteiger partial charge on any atom is 0.175 e. The Morgan fingerprint density at radius 3 is 2.29 bits per heavy atom. The summed E-state index contributed by atoms with van der Waals surface area (Å²) in [5, 5.41) is 15.0. The molecule has 0 atom stereocenters. The molecule has 1 aromatic heterocycles. The molecule has 3 aromatic carbocycles. The summed E-state index contributed by atoms with van der Waals surface area (Å²) in [5.41, 5.74) is 2.61. The summed E-state index contributed by atoms with van der Waals surface area (Å²) in [4.78, 5) is 5.89. The van der Waals surface area contributed by atoms with E-state index in [1.165, 1.54) is 4.90 Å². The maximum atomic E-state index is 10.3. The SMILES string of the molecule is CSc1ccc(/C=C/c2nc(-c3ccccc3O)n(-c3ccccc3)n2)cc1. The van der Waals surface area contributed by atoms with Crippen molar-refractivity contribution in [2.75, 3.05) is 6.26 Å². The van der Waals surface area contributed by atoms with E-state index >= 15 is 0 Å². The van der Waals surface area contributed by atoms with Crippen molar-refractivity contribution in [3.05, 3.63) is 90.3 Å². The monoisotopic (exact) mass is 385 g/mol. The quantitative estimate of drug-likeness (QED) is 0.459. The molecule has 4 nitrogen and oxygen atoms in total. The molecule has 4 aromatic rings. The fourth-order valence-electron chi connectivity index (χ4n) is 2.87. The lowest BCUT2D eigenvalue weighted by molar-refractivity contribution is 0.476. The van der Waals surface area contributed by atoms with E-state index in [4.69, 9.17) is 0 Å². The minimum atomic E-state index is 0.176. The molecule has 0 radical (unpaired) electrons. The first kappa shape index (κ1) is 18.1. The van der Waals surface area contributed by atoms with Crippen LogP contribution in [0, 0.1) is 0 Å². The van der Waals surface area contributed by atoms with Gasteiger partial charge in [0.15, 0.2) is 11.6 Å². The first-order chi connectivity index (χ1) is 13.7. The summed E-state index contributed by atoms with van der Waals surface area (Å²) < 4.78 is 1.76. The van der Waals surface area contributed by atoms with Gasteiger partial charge >= 0.3 is 0 Å². The number of para-hydroxylation sites is 2. The normalized spacial score (nSPS) is 11.2. The van der Waals surface area contributed by atoms with Crippen LogP contribution in [0.5, 0.6) is 5.75 Å². The number of thioether (sulfide) groups is 1. The lowest BCUT2D eigenvalue weighted by Crippen LogP contribution is -1.99. The van der Waals surface area contributed by atoms with E-state index in [0.29, 0.717) is 17.2 Å². The van der Waals surface area contributed by atoms with E-state index in [-0.39, 0.29) is 5.75 Å². The van der Waals surface area contributed by atoms with E-state index < -0.39 is 0 Å². The van der Waals surface area contributed by atoms with Gasteiger partial charge in [0.1, 0.15) is 5.75 Å². The number of hydrogen-bond donors (Lipinski definition) is 1. The van der Waals surface area contributed by atoms with Crippen LogP contribution in [0.25, 0.3) is 29.2 Å².